The fourth-order valence-electron chi connectivity index (χ4n) is 1.77. The molecule has 1 N–H and O–H groups in total. The van der Waals surface area contributed by atoms with E-state index in [2.05, 4.69) is 5.32 Å². The van der Waals surface area contributed by atoms with Gasteiger partial charge < -0.3 is 10.2 Å². The van der Waals surface area contributed by atoms with Gasteiger partial charge in [-0.25, -0.2) is 8.78 Å². The zero-order valence-electron chi connectivity index (χ0n) is 11.0. The predicted octanol–water partition coefficient (Wildman–Crippen LogP) is 3.64. The summed E-state index contributed by atoms with van der Waals surface area (Å²) in [5.74, 6) is -1.16. The molecule has 0 saturated heterocycles. The van der Waals surface area contributed by atoms with Gasteiger partial charge in [-0.3, -0.25) is 0 Å². The summed E-state index contributed by atoms with van der Waals surface area (Å²) in [4.78, 5) is 2.01. The Kier molecular flexibility index (Phi) is 4.00. The minimum absolute atomic E-state index is 0.439. The highest BCUT2D eigenvalue weighted by atomic mass is 19.1. The number of hydrogen-bond donors (Lipinski definition) is 1. The topological polar surface area (TPSA) is 15.3 Å². The molecule has 0 unspecified atom stereocenters. The van der Waals surface area contributed by atoms with Crippen LogP contribution in [0, 0.1) is 11.6 Å². The first kappa shape index (κ1) is 13.3. The summed E-state index contributed by atoms with van der Waals surface area (Å²) in [5, 5.41) is 3.00. The summed E-state index contributed by atoms with van der Waals surface area (Å²) in [6, 6.07) is 11.4. The van der Waals surface area contributed by atoms with Gasteiger partial charge in [0.2, 0.25) is 0 Å². The van der Waals surface area contributed by atoms with E-state index in [0.717, 1.165) is 17.3 Å². The van der Waals surface area contributed by atoms with Gasteiger partial charge in [-0.15, -0.1) is 0 Å². The molecule has 0 fully saturated rings. The molecule has 4 heteroatoms. The van der Waals surface area contributed by atoms with Crippen molar-refractivity contribution in [2.75, 3.05) is 24.3 Å². The molecule has 0 bridgehead atoms. The molecule has 2 aromatic carbocycles. The highest BCUT2D eigenvalue weighted by molar-refractivity contribution is 5.48. The van der Waals surface area contributed by atoms with Gasteiger partial charge in [0.1, 0.15) is 11.6 Å². The summed E-state index contributed by atoms with van der Waals surface area (Å²) >= 11 is 0. The summed E-state index contributed by atoms with van der Waals surface area (Å²) in [5.41, 5.74) is 2.60. The monoisotopic (exact) mass is 262 g/mol. The van der Waals surface area contributed by atoms with Crippen molar-refractivity contribution < 1.29 is 8.78 Å². The maximum Gasteiger partial charge on any atom is 0.128 e. The lowest BCUT2D eigenvalue weighted by Gasteiger charge is -2.13. The van der Waals surface area contributed by atoms with Gasteiger partial charge >= 0.3 is 0 Å². The van der Waals surface area contributed by atoms with Gasteiger partial charge in [0.15, 0.2) is 0 Å². The van der Waals surface area contributed by atoms with Crippen LogP contribution in [-0.2, 0) is 6.54 Å². The van der Waals surface area contributed by atoms with E-state index in [4.69, 9.17) is 0 Å². The molecule has 0 saturated carbocycles. The van der Waals surface area contributed by atoms with Crippen LogP contribution < -0.4 is 10.2 Å². The van der Waals surface area contributed by atoms with Crippen molar-refractivity contribution >= 4 is 11.4 Å². The van der Waals surface area contributed by atoms with Crippen molar-refractivity contribution in [3.63, 3.8) is 0 Å². The molecule has 0 heterocycles. The van der Waals surface area contributed by atoms with E-state index in [1.165, 1.54) is 12.1 Å². The Hall–Kier alpha value is -2.10. The second-order valence-corrected chi connectivity index (χ2v) is 4.57. The lowest BCUT2D eigenvalue weighted by atomic mass is 10.2. The molecule has 0 atom stereocenters. The van der Waals surface area contributed by atoms with Crippen LogP contribution in [0.3, 0.4) is 0 Å². The molecule has 100 valence electrons. The van der Waals surface area contributed by atoms with E-state index in [-0.39, 0.29) is 0 Å². The molecule has 19 heavy (non-hydrogen) atoms. The van der Waals surface area contributed by atoms with E-state index in [0.29, 0.717) is 12.2 Å². The Morgan fingerprint density at radius 2 is 1.53 bits per heavy atom. The maximum atomic E-state index is 13.0. The third kappa shape index (κ3) is 3.68. The summed E-state index contributed by atoms with van der Waals surface area (Å²) in [7, 11) is 3.95. The fourth-order valence-corrected chi connectivity index (χ4v) is 1.77. The largest absolute Gasteiger partial charge is 0.381 e. The average molecular weight is 262 g/mol. The average Bonchev–Trinajstić information content (AvgIpc) is 2.36. The zero-order chi connectivity index (χ0) is 13.8. The lowest BCUT2D eigenvalue weighted by molar-refractivity contribution is 0.584. The van der Waals surface area contributed by atoms with Crippen LogP contribution >= 0.6 is 0 Å². The highest BCUT2D eigenvalue weighted by Gasteiger charge is 2.01. The Bertz CT molecular complexity index is 530. The first-order chi connectivity index (χ1) is 9.04. The van der Waals surface area contributed by atoms with Gasteiger partial charge in [-0.2, -0.15) is 0 Å². The van der Waals surface area contributed by atoms with Gasteiger partial charge in [-0.1, -0.05) is 12.1 Å². The van der Waals surface area contributed by atoms with E-state index in [9.17, 15) is 8.78 Å². The van der Waals surface area contributed by atoms with E-state index in [1.54, 1.807) is 0 Å². The normalized spacial score (nSPS) is 10.3. The molecule has 0 radical (unpaired) electrons. The maximum absolute atomic E-state index is 13.0. The molecule has 0 spiro atoms. The summed E-state index contributed by atoms with van der Waals surface area (Å²) < 4.78 is 26.0. The second-order valence-electron chi connectivity index (χ2n) is 4.57. The van der Waals surface area contributed by atoms with Gasteiger partial charge in [-0.05, 0) is 29.8 Å². The van der Waals surface area contributed by atoms with Gasteiger partial charge in [0.05, 0.1) is 0 Å². The van der Waals surface area contributed by atoms with E-state index in [1.807, 2.05) is 43.3 Å². The van der Waals surface area contributed by atoms with Crippen molar-refractivity contribution in [3.05, 3.63) is 59.7 Å². The van der Waals surface area contributed by atoms with Crippen molar-refractivity contribution in [1.82, 2.24) is 0 Å². The van der Waals surface area contributed by atoms with Crippen LogP contribution in [0.15, 0.2) is 42.5 Å². The van der Waals surface area contributed by atoms with Crippen LogP contribution in [0.5, 0.6) is 0 Å². The number of benzene rings is 2. The number of nitrogens with one attached hydrogen (secondary N) is 1. The number of anilines is 2. The molecule has 2 aromatic rings. The second kappa shape index (κ2) is 5.69. The SMILES string of the molecule is CN(C)c1ccc(CNc2cc(F)cc(F)c2)cc1. The quantitative estimate of drug-likeness (QED) is 0.905. The third-order valence-corrected chi connectivity index (χ3v) is 2.81. The fraction of sp³-hybridized carbons (Fsp3) is 0.200. The molecule has 0 aromatic heterocycles. The molecule has 0 aliphatic heterocycles. The first-order valence-corrected chi connectivity index (χ1v) is 6.01. The molecule has 0 aliphatic carbocycles. The van der Waals surface area contributed by atoms with Crippen molar-refractivity contribution in [3.8, 4) is 0 Å². The lowest BCUT2D eigenvalue weighted by Crippen LogP contribution is -2.08. The number of halogens is 2. The Morgan fingerprint density at radius 1 is 0.947 bits per heavy atom. The predicted molar refractivity (Wildman–Crippen MR) is 74.5 cm³/mol. The van der Waals surface area contributed by atoms with Crippen molar-refractivity contribution in [1.29, 1.82) is 0 Å². The number of nitrogens with zero attached hydrogens (tertiary/aromatic N) is 1. The minimum atomic E-state index is -0.578. The van der Waals surface area contributed by atoms with Crippen LogP contribution in [0.2, 0.25) is 0 Å². The molecule has 2 nitrogen and oxygen atoms in total. The number of rotatable bonds is 4. The van der Waals surface area contributed by atoms with Gasteiger partial charge in [0, 0.05) is 38.1 Å². The van der Waals surface area contributed by atoms with Crippen LogP contribution in [0.4, 0.5) is 20.2 Å². The van der Waals surface area contributed by atoms with E-state index >= 15 is 0 Å². The van der Waals surface area contributed by atoms with Crippen LogP contribution in [0.1, 0.15) is 5.56 Å². The minimum Gasteiger partial charge on any atom is -0.381 e. The van der Waals surface area contributed by atoms with Crippen molar-refractivity contribution in [2.45, 2.75) is 6.54 Å². The highest BCUT2D eigenvalue weighted by Crippen LogP contribution is 2.16. The molecule has 0 aliphatic rings. The summed E-state index contributed by atoms with van der Waals surface area (Å²) in [6.07, 6.45) is 0. The standard InChI is InChI=1S/C15H16F2N2/c1-19(2)15-5-3-11(4-6-15)10-18-14-8-12(16)7-13(17)9-14/h3-9,18H,10H2,1-2H3. The summed E-state index contributed by atoms with van der Waals surface area (Å²) in [6.45, 7) is 0.524. The Morgan fingerprint density at radius 3 is 2.05 bits per heavy atom. The molecule has 2 rings (SSSR count). The molecular formula is C15H16F2N2. The molecular weight excluding hydrogens is 246 g/mol. The zero-order valence-corrected chi connectivity index (χ0v) is 11.0. The molecule has 0 amide bonds. The van der Waals surface area contributed by atoms with Gasteiger partial charge in [0.25, 0.3) is 0 Å². The number of hydrogen-bond acceptors (Lipinski definition) is 2. The smallest absolute Gasteiger partial charge is 0.128 e. The van der Waals surface area contributed by atoms with E-state index < -0.39 is 11.6 Å². The van der Waals surface area contributed by atoms with Crippen molar-refractivity contribution in [2.24, 2.45) is 0 Å². The first-order valence-electron chi connectivity index (χ1n) is 6.01. The Balaban J connectivity index is 2.02. The Labute approximate surface area is 111 Å². The van der Waals surface area contributed by atoms with Crippen LogP contribution in [0.25, 0.3) is 0 Å². The van der Waals surface area contributed by atoms with Crippen LogP contribution in [-0.4, -0.2) is 14.1 Å². The third-order valence-electron chi connectivity index (χ3n) is 2.81.